The molecule has 0 saturated carbocycles. The molecule has 1 fully saturated rings. The molecular formula is C27H22N2O5S. The number of hydrogen-bond acceptors (Lipinski definition) is 6. The number of aryl methyl sites for hydroxylation is 1. The fraction of sp³-hybridized carbons (Fsp3) is 0.148. The molecule has 2 aromatic carbocycles. The van der Waals surface area contributed by atoms with Crippen LogP contribution < -0.4 is 0 Å². The highest BCUT2D eigenvalue weighted by Gasteiger charge is 2.35. The van der Waals surface area contributed by atoms with Crippen molar-refractivity contribution in [2.45, 2.75) is 20.0 Å². The van der Waals surface area contributed by atoms with Crippen LogP contribution in [0.15, 0.2) is 76.2 Å². The van der Waals surface area contributed by atoms with Gasteiger partial charge >= 0.3 is 5.97 Å². The van der Waals surface area contributed by atoms with Gasteiger partial charge < -0.3 is 13.7 Å². The second-order valence-electron chi connectivity index (χ2n) is 8.24. The minimum Gasteiger partial charge on any atom is -0.463 e. The Labute approximate surface area is 206 Å². The van der Waals surface area contributed by atoms with Gasteiger partial charge in [0, 0.05) is 22.7 Å². The molecule has 0 N–H and O–H groups in total. The fourth-order valence-corrected chi connectivity index (χ4v) is 4.96. The van der Waals surface area contributed by atoms with E-state index in [2.05, 4.69) is 0 Å². The molecule has 2 aromatic heterocycles. The summed E-state index contributed by atoms with van der Waals surface area (Å²) in [6.45, 7) is 2.61. The standard InChI is InChI=1S/C27H22N2O5S/c1-17-6-5-7-18(12-17)14-29-25(30)24(35-27(29)32)13-19-15-28(22-9-4-3-8-21(19)22)16-20-10-11-23(34-20)26(31)33-2/h3-13,15H,14,16H2,1-2H3/b24-13-. The summed E-state index contributed by atoms with van der Waals surface area (Å²) in [7, 11) is 1.30. The number of furan rings is 1. The van der Waals surface area contributed by atoms with Crippen LogP contribution in [0.4, 0.5) is 4.79 Å². The summed E-state index contributed by atoms with van der Waals surface area (Å²) in [5.74, 6) is -0.0968. The van der Waals surface area contributed by atoms with Gasteiger partial charge in [0.05, 0.1) is 25.1 Å². The molecule has 0 unspecified atom stereocenters. The lowest BCUT2D eigenvalue weighted by Crippen LogP contribution is -2.27. The number of fused-ring (bicyclic) bond motifs is 1. The maximum absolute atomic E-state index is 13.1. The number of esters is 1. The zero-order valence-electron chi connectivity index (χ0n) is 19.2. The van der Waals surface area contributed by atoms with Crippen molar-refractivity contribution in [3.8, 4) is 0 Å². The summed E-state index contributed by atoms with van der Waals surface area (Å²) >= 11 is 0.950. The molecule has 0 spiro atoms. The van der Waals surface area contributed by atoms with Gasteiger partial charge in [-0.3, -0.25) is 14.5 Å². The van der Waals surface area contributed by atoms with Crippen molar-refractivity contribution < 1.29 is 23.5 Å². The van der Waals surface area contributed by atoms with Crippen molar-refractivity contribution in [2.24, 2.45) is 0 Å². The monoisotopic (exact) mass is 486 g/mol. The molecule has 0 radical (unpaired) electrons. The Morgan fingerprint density at radius 1 is 1.06 bits per heavy atom. The molecule has 0 atom stereocenters. The van der Waals surface area contributed by atoms with Crippen LogP contribution in [-0.2, 0) is 22.6 Å². The Morgan fingerprint density at radius 3 is 2.69 bits per heavy atom. The maximum atomic E-state index is 13.1. The van der Waals surface area contributed by atoms with Gasteiger partial charge in [-0.05, 0) is 48.5 Å². The molecule has 1 saturated heterocycles. The number of aromatic nitrogens is 1. The number of thioether (sulfide) groups is 1. The third kappa shape index (κ3) is 4.52. The molecule has 1 aliphatic rings. The van der Waals surface area contributed by atoms with E-state index in [0.717, 1.165) is 39.4 Å². The lowest BCUT2D eigenvalue weighted by Gasteiger charge is -2.12. The molecule has 2 amide bonds. The third-order valence-electron chi connectivity index (χ3n) is 5.78. The molecule has 7 nitrogen and oxygen atoms in total. The largest absolute Gasteiger partial charge is 0.463 e. The van der Waals surface area contributed by atoms with E-state index in [-0.39, 0.29) is 23.5 Å². The minimum atomic E-state index is -0.532. The molecule has 0 bridgehead atoms. The molecule has 5 rings (SSSR count). The van der Waals surface area contributed by atoms with Crippen molar-refractivity contribution in [1.82, 2.24) is 9.47 Å². The van der Waals surface area contributed by atoms with E-state index >= 15 is 0 Å². The number of rotatable bonds is 6. The highest BCUT2D eigenvalue weighted by molar-refractivity contribution is 8.18. The highest BCUT2D eigenvalue weighted by atomic mass is 32.2. The van der Waals surface area contributed by atoms with Crippen molar-refractivity contribution in [2.75, 3.05) is 7.11 Å². The number of carbonyl (C=O) groups is 3. The van der Waals surface area contributed by atoms with Crippen LogP contribution in [0.5, 0.6) is 0 Å². The second-order valence-corrected chi connectivity index (χ2v) is 9.24. The van der Waals surface area contributed by atoms with E-state index in [4.69, 9.17) is 9.15 Å². The quantitative estimate of drug-likeness (QED) is 0.260. The van der Waals surface area contributed by atoms with Crippen LogP contribution in [0.25, 0.3) is 17.0 Å². The first-order valence-corrected chi connectivity index (χ1v) is 11.8. The fourth-order valence-electron chi connectivity index (χ4n) is 4.13. The first kappa shape index (κ1) is 22.7. The van der Waals surface area contributed by atoms with Gasteiger partial charge in [-0.15, -0.1) is 0 Å². The number of para-hydroxylation sites is 1. The van der Waals surface area contributed by atoms with Gasteiger partial charge in [-0.25, -0.2) is 4.79 Å². The Hall–Kier alpha value is -4.04. The van der Waals surface area contributed by atoms with Gasteiger partial charge in [0.2, 0.25) is 5.76 Å². The van der Waals surface area contributed by atoms with Crippen LogP contribution >= 0.6 is 11.8 Å². The number of nitrogens with zero attached hydrogens (tertiary/aromatic N) is 2. The van der Waals surface area contributed by atoms with Crippen LogP contribution in [0, 0.1) is 6.92 Å². The Morgan fingerprint density at radius 2 is 1.89 bits per heavy atom. The van der Waals surface area contributed by atoms with E-state index in [1.54, 1.807) is 18.2 Å². The first-order valence-electron chi connectivity index (χ1n) is 11.0. The lowest BCUT2D eigenvalue weighted by atomic mass is 10.1. The average molecular weight is 487 g/mol. The predicted molar refractivity (Wildman–Crippen MR) is 134 cm³/mol. The number of amides is 2. The van der Waals surface area contributed by atoms with E-state index in [1.807, 2.05) is 66.2 Å². The summed E-state index contributed by atoms with van der Waals surface area (Å²) < 4.78 is 12.3. The summed E-state index contributed by atoms with van der Waals surface area (Å²) in [5.41, 5.74) is 3.75. The van der Waals surface area contributed by atoms with E-state index in [1.165, 1.54) is 12.0 Å². The van der Waals surface area contributed by atoms with Gasteiger partial charge in [0.1, 0.15) is 5.76 Å². The first-order chi connectivity index (χ1) is 16.9. The van der Waals surface area contributed by atoms with Crippen molar-refractivity contribution in [3.63, 3.8) is 0 Å². The number of benzene rings is 2. The van der Waals surface area contributed by atoms with Crippen LogP contribution in [0.3, 0.4) is 0 Å². The molecule has 35 heavy (non-hydrogen) atoms. The van der Waals surface area contributed by atoms with Gasteiger partial charge in [0.25, 0.3) is 11.1 Å². The SMILES string of the molecule is COC(=O)c1ccc(Cn2cc(/C=C3\SC(=O)N(Cc4cccc(C)c4)C3=O)c3ccccc32)o1. The molecule has 0 aliphatic carbocycles. The van der Waals surface area contributed by atoms with Gasteiger partial charge in [-0.2, -0.15) is 0 Å². The molecular weight excluding hydrogens is 464 g/mol. The average Bonchev–Trinajstić information content (AvgIpc) is 3.53. The van der Waals surface area contributed by atoms with Crippen molar-refractivity contribution >= 4 is 45.9 Å². The summed E-state index contributed by atoms with van der Waals surface area (Å²) in [6, 6.07) is 18.9. The molecule has 176 valence electrons. The Kier molecular flexibility index (Phi) is 6.05. The molecule has 8 heteroatoms. The zero-order valence-corrected chi connectivity index (χ0v) is 20.0. The van der Waals surface area contributed by atoms with E-state index in [9.17, 15) is 14.4 Å². The second kappa shape index (κ2) is 9.31. The Balaban J connectivity index is 1.43. The third-order valence-corrected chi connectivity index (χ3v) is 6.68. The van der Waals surface area contributed by atoms with E-state index < -0.39 is 5.97 Å². The number of ether oxygens (including phenoxy) is 1. The summed E-state index contributed by atoms with van der Waals surface area (Å²) in [6.07, 6.45) is 3.68. The summed E-state index contributed by atoms with van der Waals surface area (Å²) in [4.78, 5) is 39.1. The Bertz CT molecular complexity index is 1500. The van der Waals surface area contributed by atoms with Crippen molar-refractivity contribution in [1.29, 1.82) is 0 Å². The zero-order chi connectivity index (χ0) is 24.5. The van der Waals surface area contributed by atoms with Crippen LogP contribution in [0.1, 0.15) is 33.0 Å². The predicted octanol–water partition coefficient (Wildman–Crippen LogP) is 5.61. The van der Waals surface area contributed by atoms with Gasteiger partial charge in [-0.1, -0.05) is 48.0 Å². The lowest BCUT2D eigenvalue weighted by molar-refractivity contribution is -0.123. The highest BCUT2D eigenvalue weighted by Crippen LogP contribution is 2.35. The number of carbonyl (C=O) groups excluding carboxylic acids is 3. The normalized spacial score (nSPS) is 14.9. The van der Waals surface area contributed by atoms with Gasteiger partial charge in [0.15, 0.2) is 0 Å². The van der Waals surface area contributed by atoms with E-state index in [0.29, 0.717) is 17.2 Å². The molecule has 1 aliphatic heterocycles. The topological polar surface area (TPSA) is 81.8 Å². The number of imide groups is 1. The van der Waals surface area contributed by atoms with Crippen LogP contribution in [0.2, 0.25) is 0 Å². The minimum absolute atomic E-state index is 0.140. The summed E-state index contributed by atoms with van der Waals surface area (Å²) in [5, 5.41) is 0.662. The van der Waals surface area contributed by atoms with Crippen LogP contribution in [-0.4, -0.2) is 33.7 Å². The molecule has 4 aromatic rings. The maximum Gasteiger partial charge on any atom is 0.373 e. The number of hydrogen-bond donors (Lipinski definition) is 0. The smallest absolute Gasteiger partial charge is 0.373 e. The molecule has 3 heterocycles. The number of methoxy groups -OCH3 is 1. The van der Waals surface area contributed by atoms with Crippen molar-refractivity contribution in [3.05, 3.63) is 100.0 Å².